The molecule has 4 rings (SSSR count). The van der Waals surface area contributed by atoms with E-state index < -0.39 is 9.84 Å². The minimum Gasteiger partial charge on any atom is -0.227 e. The van der Waals surface area contributed by atoms with Crippen molar-refractivity contribution in [2.75, 3.05) is 5.75 Å². The van der Waals surface area contributed by atoms with Gasteiger partial charge in [-0.3, -0.25) is 0 Å². The van der Waals surface area contributed by atoms with Gasteiger partial charge in [0, 0.05) is 0 Å². The topological polar surface area (TPSA) is 57.9 Å². The molecule has 4 aliphatic carbocycles. The van der Waals surface area contributed by atoms with Gasteiger partial charge < -0.3 is 0 Å². The molecule has 0 N–H and O–H groups in total. The zero-order chi connectivity index (χ0) is 9.22. The lowest BCUT2D eigenvalue weighted by molar-refractivity contribution is 0.545. The predicted molar refractivity (Wildman–Crippen MR) is 46.4 cm³/mol. The Morgan fingerprint density at radius 3 is 2.31 bits per heavy atom. The molecule has 0 heterocycles. The van der Waals surface area contributed by atoms with Crippen molar-refractivity contribution in [2.45, 2.75) is 18.1 Å². The molecule has 3 nitrogen and oxygen atoms in total. The number of hydrogen-bond donors (Lipinski definition) is 0. The van der Waals surface area contributed by atoms with Crippen LogP contribution in [0.3, 0.4) is 0 Å². The van der Waals surface area contributed by atoms with Gasteiger partial charge in [-0.25, -0.2) is 8.42 Å². The van der Waals surface area contributed by atoms with Gasteiger partial charge in [0.15, 0.2) is 9.84 Å². The van der Waals surface area contributed by atoms with Crippen LogP contribution >= 0.6 is 0 Å². The van der Waals surface area contributed by atoms with E-state index in [1.165, 1.54) is 0 Å². The molecule has 70 valence electrons. The van der Waals surface area contributed by atoms with Crippen LogP contribution in [0.15, 0.2) is 0 Å². The molecule has 0 spiro atoms. The first-order valence-corrected chi connectivity index (χ1v) is 6.45. The highest BCUT2D eigenvalue weighted by Crippen LogP contribution is 2.72. The Balaban J connectivity index is 1.93. The van der Waals surface area contributed by atoms with Crippen LogP contribution in [0.25, 0.3) is 0 Å². The predicted octanol–water partition coefficient (Wildman–Crippen LogP) is 0.579. The number of rotatable bonds is 2. The quantitative estimate of drug-likeness (QED) is 0.650. The Morgan fingerprint density at radius 2 is 1.92 bits per heavy atom. The van der Waals surface area contributed by atoms with Crippen LogP contribution in [-0.2, 0) is 9.84 Å². The van der Waals surface area contributed by atoms with Crippen LogP contribution in [0.2, 0.25) is 0 Å². The second-order valence-electron chi connectivity index (χ2n) is 4.57. The molecule has 4 fully saturated rings. The van der Waals surface area contributed by atoms with Crippen molar-refractivity contribution in [3.05, 3.63) is 0 Å². The molecule has 0 aromatic rings. The van der Waals surface area contributed by atoms with Gasteiger partial charge in [-0.1, -0.05) is 0 Å². The molecular formula is C9H11NO2S. The van der Waals surface area contributed by atoms with Gasteiger partial charge >= 0.3 is 0 Å². The number of hydrogen-bond acceptors (Lipinski definition) is 3. The maximum Gasteiger partial charge on any atom is 0.167 e. The molecule has 13 heavy (non-hydrogen) atoms. The van der Waals surface area contributed by atoms with E-state index in [0.717, 1.165) is 12.8 Å². The van der Waals surface area contributed by atoms with Crippen LogP contribution in [-0.4, -0.2) is 19.4 Å². The average molecular weight is 197 g/mol. The maximum absolute atomic E-state index is 11.7. The standard InChI is InChI=1S/C9H11NO2S/c10-1-2-13(11,12)9-5-3-6-7(4-5)8(6)9/h5-9H,2-4H2. The van der Waals surface area contributed by atoms with Gasteiger partial charge in [-0.05, 0) is 36.5 Å². The fraction of sp³-hybridized carbons (Fsp3) is 0.889. The number of nitrogens with zero attached hydrogens (tertiary/aromatic N) is 1. The Labute approximate surface area is 77.7 Å². The van der Waals surface area contributed by atoms with Gasteiger partial charge in [-0.2, -0.15) is 5.26 Å². The van der Waals surface area contributed by atoms with E-state index in [0.29, 0.717) is 23.7 Å². The summed E-state index contributed by atoms with van der Waals surface area (Å²) in [5, 5.41) is 8.30. The Bertz CT molecular complexity index is 380. The summed E-state index contributed by atoms with van der Waals surface area (Å²) in [4.78, 5) is 0. The fourth-order valence-corrected chi connectivity index (χ4v) is 5.79. The molecule has 0 saturated heterocycles. The van der Waals surface area contributed by atoms with Gasteiger partial charge in [0.05, 0.1) is 11.3 Å². The first-order chi connectivity index (χ1) is 6.15. The van der Waals surface area contributed by atoms with Crippen molar-refractivity contribution < 1.29 is 8.42 Å². The fourth-order valence-electron chi connectivity index (χ4n) is 3.72. The third kappa shape index (κ3) is 0.812. The van der Waals surface area contributed by atoms with E-state index in [4.69, 9.17) is 5.26 Å². The molecule has 4 bridgehead atoms. The van der Waals surface area contributed by atoms with Crippen molar-refractivity contribution in [1.29, 1.82) is 5.26 Å². The maximum atomic E-state index is 11.7. The lowest BCUT2D eigenvalue weighted by Crippen LogP contribution is -2.26. The summed E-state index contributed by atoms with van der Waals surface area (Å²) in [7, 11) is -3.09. The summed E-state index contributed by atoms with van der Waals surface area (Å²) in [5.74, 6) is 2.00. The van der Waals surface area contributed by atoms with E-state index in [9.17, 15) is 8.42 Å². The monoisotopic (exact) mass is 197 g/mol. The highest BCUT2D eigenvalue weighted by Gasteiger charge is 2.71. The normalized spacial score (nSPS) is 50.5. The summed E-state index contributed by atoms with van der Waals surface area (Å²) in [6.07, 6.45) is 2.23. The van der Waals surface area contributed by atoms with Crippen LogP contribution in [0, 0.1) is 35.0 Å². The third-order valence-electron chi connectivity index (χ3n) is 4.07. The molecule has 3 atom stereocenters. The molecule has 4 heteroatoms. The smallest absolute Gasteiger partial charge is 0.167 e. The van der Waals surface area contributed by atoms with Crippen LogP contribution in [0.4, 0.5) is 0 Å². The molecule has 0 aromatic heterocycles. The highest BCUT2D eigenvalue weighted by atomic mass is 32.2. The Morgan fingerprint density at radius 1 is 1.31 bits per heavy atom. The molecular weight excluding hydrogens is 186 g/mol. The summed E-state index contributed by atoms with van der Waals surface area (Å²) in [6, 6.07) is 1.78. The van der Waals surface area contributed by atoms with Crippen molar-refractivity contribution in [2.24, 2.45) is 23.7 Å². The SMILES string of the molecule is N#CCS(=O)(=O)C1C2CC3C(C2)C31. The van der Waals surface area contributed by atoms with E-state index in [-0.39, 0.29) is 11.0 Å². The molecule has 0 aliphatic heterocycles. The molecule has 0 amide bonds. The third-order valence-corrected chi connectivity index (χ3v) is 6.13. The average Bonchev–Trinajstić information content (AvgIpc) is 2.54. The van der Waals surface area contributed by atoms with Gasteiger partial charge in [0.1, 0.15) is 5.75 Å². The Kier molecular flexibility index (Phi) is 1.25. The van der Waals surface area contributed by atoms with Crippen LogP contribution < -0.4 is 0 Å². The van der Waals surface area contributed by atoms with Crippen molar-refractivity contribution in [3.63, 3.8) is 0 Å². The van der Waals surface area contributed by atoms with Crippen molar-refractivity contribution in [3.8, 4) is 6.07 Å². The van der Waals surface area contributed by atoms with E-state index in [1.54, 1.807) is 6.07 Å². The van der Waals surface area contributed by atoms with Gasteiger partial charge in [0.25, 0.3) is 0 Å². The number of sulfone groups is 1. The van der Waals surface area contributed by atoms with Crippen molar-refractivity contribution in [1.82, 2.24) is 0 Å². The zero-order valence-corrected chi connectivity index (χ0v) is 8.00. The molecule has 4 saturated carbocycles. The lowest BCUT2D eigenvalue weighted by atomic mass is 10.1. The molecule has 4 aliphatic rings. The first-order valence-electron chi connectivity index (χ1n) is 4.73. The van der Waals surface area contributed by atoms with E-state index in [2.05, 4.69) is 0 Å². The van der Waals surface area contributed by atoms with Gasteiger partial charge in [0.2, 0.25) is 0 Å². The van der Waals surface area contributed by atoms with Crippen LogP contribution in [0.5, 0.6) is 0 Å². The second kappa shape index (κ2) is 2.09. The summed E-state index contributed by atoms with van der Waals surface area (Å²) in [5.41, 5.74) is 0. The second-order valence-corrected chi connectivity index (χ2v) is 6.73. The lowest BCUT2D eigenvalue weighted by Gasteiger charge is -2.12. The first kappa shape index (κ1) is 7.81. The molecule has 0 aromatic carbocycles. The minimum atomic E-state index is -3.09. The summed E-state index contributed by atoms with van der Waals surface area (Å²) < 4.78 is 23.4. The summed E-state index contributed by atoms with van der Waals surface area (Å²) >= 11 is 0. The Hall–Kier alpha value is -0.560. The zero-order valence-electron chi connectivity index (χ0n) is 7.18. The van der Waals surface area contributed by atoms with Crippen LogP contribution in [0.1, 0.15) is 12.8 Å². The van der Waals surface area contributed by atoms with E-state index >= 15 is 0 Å². The largest absolute Gasteiger partial charge is 0.227 e. The van der Waals surface area contributed by atoms with E-state index in [1.807, 2.05) is 0 Å². The van der Waals surface area contributed by atoms with Crippen molar-refractivity contribution >= 4 is 9.84 Å². The van der Waals surface area contributed by atoms with Gasteiger partial charge in [-0.15, -0.1) is 0 Å². The number of nitriles is 1. The highest BCUT2D eigenvalue weighted by molar-refractivity contribution is 7.92. The summed E-state index contributed by atoms with van der Waals surface area (Å²) in [6.45, 7) is 0. The minimum absolute atomic E-state index is 0.137. The molecule has 3 unspecified atom stereocenters. The molecule has 0 radical (unpaired) electrons.